The van der Waals surface area contributed by atoms with Crippen LogP contribution in [0.2, 0.25) is 0 Å². The van der Waals surface area contributed by atoms with Gasteiger partial charge in [0.1, 0.15) is 0 Å². The Morgan fingerprint density at radius 1 is 0.769 bits per heavy atom. The molecule has 78 valence electrons. The average Bonchev–Trinajstić information content (AvgIpc) is 2.09. The first-order valence-electron chi connectivity index (χ1n) is 3.65. The molecule has 0 aromatic carbocycles. The van der Waals surface area contributed by atoms with E-state index in [-0.39, 0.29) is 0 Å². The molecule has 0 saturated heterocycles. The summed E-state index contributed by atoms with van der Waals surface area (Å²) in [6.45, 7) is 0. The Bertz CT molecular complexity index is 180. The third-order valence-electron chi connectivity index (χ3n) is 2.22. The van der Waals surface area contributed by atoms with Crippen LogP contribution in [0, 0.1) is 0 Å². The van der Waals surface area contributed by atoms with E-state index in [1.54, 1.807) is 16.0 Å². The van der Waals surface area contributed by atoms with E-state index in [1.165, 1.54) is 0 Å². The SMILES string of the molecule is O[C@@H]1[C@@H](O)[C@@H](O)[C@@](O)([SeH])[C@H](O)[C@H]1O. The Morgan fingerprint density at radius 3 is 1.38 bits per heavy atom. The van der Waals surface area contributed by atoms with Crippen LogP contribution in [0.25, 0.3) is 0 Å². The molecular formula is C6H12O6Se. The molecule has 6 atom stereocenters. The van der Waals surface area contributed by atoms with E-state index in [4.69, 9.17) is 15.3 Å². The summed E-state index contributed by atoms with van der Waals surface area (Å²) in [6.07, 6.45) is -8.49. The molecule has 0 aromatic rings. The van der Waals surface area contributed by atoms with Gasteiger partial charge in [-0.15, -0.1) is 0 Å². The third kappa shape index (κ3) is 1.62. The summed E-state index contributed by atoms with van der Waals surface area (Å²) in [7, 11) is 0. The molecule has 6 N–H and O–H groups in total. The molecular weight excluding hydrogens is 247 g/mol. The third-order valence-corrected chi connectivity index (χ3v) is 3.33. The zero-order valence-corrected chi connectivity index (χ0v) is 8.39. The minimum atomic E-state index is -2.09. The second-order valence-electron chi connectivity index (χ2n) is 3.14. The number of rotatable bonds is 0. The molecule has 1 saturated carbocycles. The van der Waals surface area contributed by atoms with Gasteiger partial charge in [0.25, 0.3) is 0 Å². The Morgan fingerprint density at radius 2 is 1.08 bits per heavy atom. The molecule has 0 unspecified atom stereocenters. The van der Waals surface area contributed by atoms with Crippen LogP contribution in [0.15, 0.2) is 0 Å². The molecule has 0 amide bonds. The van der Waals surface area contributed by atoms with Crippen LogP contribution in [-0.2, 0) is 0 Å². The van der Waals surface area contributed by atoms with E-state index in [0.717, 1.165) is 0 Å². The van der Waals surface area contributed by atoms with Gasteiger partial charge in [-0.25, -0.2) is 0 Å². The van der Waals surface area contributed by atoms with Gasteiger partial charge in [-0.3, -0.25) is 0 Å². The van der Waals surface area contributed by atoms with Gasteiger partial charge in [0.2, 0.25) is 0 Å². The molecule has 1 fully saturated rings. The summed E-state index contributed by atoms with van der Waals surface area (Å²) in [5.41, 5.74) is 0. The van der Waals surface area contributed by atoms with Crippen molar-refractivity contribution in [1.82, 2.24) is 0 Å². The standard InChI is InChI=1S/C6H12O6Se/c7-1-2(8)4(10)6(12,13)5(11)3(1)9/h1-5,7-13H/t1-,2-,3+,4-,5-,6-/m1/s1. The van der Waals surface area contributed by atoms with Gasteiger partial charge in [-0.1, -0.05) is 0 Å². The predicted molar refractivity (Wildman–Crippen MR) is 42.1 cm³/mol. The molecule has 0 radical (unpaired) electrons. The molecule has 1 aliphatic carbocycles. The van der Waals surface area contributed by atoms with Crippen LogP contribution < -0.4 is 0 Å². The van der Waals surface area contributed by atoms with E-state index < -0.39 is 35.0 Å². The van der Waals surface area contributed by atoms with E-state index in [0.29, 0.717) is 0 Å². The summed E-state index contributed by atoms with van der Waals surface area (Å²) in [5.74, 6) is 0. The van der Waals surface area contributed by atoms with Gasteiger partial charge in [-0.2, -0.15) is 0 Å². The summed E-state index contributed by atoms with van der Waals surface area (Å²) in [6, 6.07) is 0. The van der Waals surface area contributed by atoms with E-state index in [1.807, 2.05) is 0 Å². The molecule has 7 heteroatoms. The van der Waals surface area contributed by atoms with Gasteiger partial charge in [-0.05, 0) is 0 Å². The van der Waals surface area contributed by atoms with Crippen molar-refractivity contribution in [3.8, 4) is 0 Å². The number of aliphatic hydroxyl groups is 6. The first kappa shape index (κ1) is 11.4. The predicted octanol–water partition coefficient (Wildman–Crippen LogP) is -4.61. The fraction of sp³-hybridized carbons (Fsp3) is 1.00. The van der Waals surface area contributed by atoms with Crippen molar-refractivity contribution in [1.29, 1.82) is 0 Å². The molecule has 0 heterocycles. The van der Waals surface area contributed by atoms with Crippen LogP contribution in [-0.4, -0.2) is 81.7 Å². The topological polar surface area (TPSA) is 121 Å². The Labute approximate surface area is 82.3 Å². The van der Waals surface area contributed by atoms with Gasteiger partial charge in [0.15, 0.2) is 0 Å². The quantitative estimate of drug-likeness (QED) is 0.243. The van der Waals surface area contributed by atoms with Crippen molar-refractivity contribution < 1.29 is 30.6 Å². The molecule has 0 spiro atoms. The van der Waals surface area contributed by atoms with Crippen LogP contribution in [0.5, 0.6) is 0 Å². The minimum absolute atomic E-state index is 1.57. The van der Waals surface area contributed by atoms with Crippen LogP contribution in [0.3, 0.4) is 0 Å². The maximum atomic E-state index is 9.41. The van der Waals surface area contributed by atoms with Gasteiger partial charge in [0, 0.05) is 0 Å². The Hall–Kier alpha value is 0.279. The van der Waals surface area contributed by atoms with Crippen LogP contribution >= 0.6 is 0 Å². The second-order valence-corrected chi connectivity index (χ2v) is 4.65. The van der Waals surface area contributed by atoms with Gasteiger partial charge < -0.3 is 0 Å². The van der Waals surface area contributed by atoms with Crippen molar-refractivity contribution in [2.45, 2.75) is 35.0 Å². The molecule has 1 aliphatic rings. The van der Waals surface area contributed by atoms with Crippen molar-refractivity contribution >= 4 is 16.0 Å². The number of hydrogen-bond acceptors (Lipinski definition) is 6. The molecule has 13 heavy (non-hydrogen) atoms. The van der Waals surface area contributed by atoms with E-state index >= 15 is 0 Å². The second kappa shape index (κ2) is 3.45. The summed E-state index contributed by atoms with van der Waals surface area (Å²) >= 11 is 1.57. The first-order valence-corrected chi connectivity index (χ1v) is 4.59. The molecule has 0 aliphatic heterocycles. The van der Waals surface area contributed by atoms with Gasteiger partial charge in [0.05, 0.1) is 0 Å². The van der Waals surface area contributed by atoms with E-state index in [2.05, 4.69) is 0 Å². The Balaban J connectivity index is 2.93. The van der Waals surface area contributed by atoms with Gasteiger partial charge >= 0.3 is 81.7 Å². The molecule has 0 aromatic heterocycles. The summed E-state index contributed by atoms with van der Waals surface area (Å²) in [5, 5.41) is 55.2. The zero-order chi connectivity index (χ0) is 10.4. The van der Waals surface area contributed by atoms with Crippen molar-refractivity contribution in [3.05, 3.63) is 0 Å². The molecule has 6 nitrogen and oxygen atoms in total. The monoisotopic (exact) mass is 260 g/mol. The number of hydrogen-bond donors (Lipinski definition) is 6. The van der Waals surface area contributed by atoms with Crippen molar-refractivity contribution in [2.24, 2.45) is 0 Å². The van der Waals surface area contributed by atoms with Crippen molar-refractivity contribution in [3.63, 3.8) is 0 Å². The van der Waals surface area contributed by atoms with Crippen molar-refractivity contribution in [2.75, 3.05) is 0 Å². The zero-order valence-electron chi connectivity index (χ0n) is 6.52. The molecule has 0 bridgehead atoms. The summed E-state index contributed by atoms with van der Waals surface area (Å²) in [4.78, 5) is 0. The normalized spacial score (nSPS) is 57.9. The molecule has 1 rings (SSSR count). The maximum absolute atomic E-state index is 9.41. The van der Waals surface area contributed by atoms with Crippen LogP contribution in [0.1, 0.15) is 0 Å². The average molecular weight is 259 g/mol. The fourth-order valence-corrected chi connectivity index (χ4v) is 1.89. The Kier molecular flexibility index (Phi) is 3.01. The fourth-order valence-electron chi connectivity index (χ4n) is 1.25. The van der Waals surface area contributed by atoms with E-state index in [9.17, 15) is 15.3 Å². The number of aliphatic hydroxyl groups excluding tert-OH is 5. The summed E-state index contributed by atoms with van der Waals surface area (Å²) < 4.78 is -2.09. The van der Waals surface area contributed by atoms with Crippen LogP contribution in [0.4, 0.5) is 0 Å². The first-order chi connectivity index (χ1) is 5.80.